The highest BCUT2D eigenvalue weighted by Gasteiger charge is 2.48. The molecule has 68 heavy (non-hydrogen) atoms. The van der Waals surface area contributed by atoms with Crippen LogP contribution in [0.25, 0.3) is 55.0 Å². The maximum absolute atomic E-state index is 7.16. The molecule has 8 heterocycles. The number of para-hydroxylation sites is 4. The molecule has 2 aromatic heterocycles. The Hall–Kier alpha value is -7.68. The van der Waals surface area contributed by atoms with Gasteiger partial charge in [-0.15, -0.1) is 0 Å². The molecule has 9 aromatic carbocycles. The van der Waals surface area contributed by atoms with Crippen LogP contribution in [0.4, 0.5) is 22.7 Å². The van der Waals surface area contributed by atoms with E-state index in [1.54, 1.807) is 11.9 Å². The Morgan fingerprint density at radius 3 is 1.60 bits per heavy atom. The summed E-state index contributed by atoms with van der Waals surface area (Å²) >= 11 is 1.77. The van der Waals surface area contributed by atoms with Gasteiger partial charge in [-0.2, -0.15) is 0 Å². The van der Waals surface area contributed by atoms with E-state index in [-0.39, 0.29) is 20.1 Å². The first kappa shape index (κ1) is 36.4. The lowest BCUT2D eigenvalue weighted by Gasteiger charge is -2.41. The normalized spacial score (nSPS) is 14.5. The summed E-state index contributed by atoms with van der Waals surface area (Å²) in [5, 5.41) is 9.14. The van der Waals surface area contributed by atoms with E-state index < -0.39 is 0 Å². The van der Waals surface area contributed by atoms with Crippen molar-refractivity contribution in [3.63, 3.8) is 0 Å². The van der Waals surface area contributed by atoms with E-state index in [0.717, 1.165) is 45.4 Å². The minimum Gasteiger partial charge on any atom is -0.458 e. The molecule has 0 amide bonds. The van der Waals surface area contributed by atoms with Crippen molar-refractivity contribution < 1.29 is 9.47 Å². The molecule has 11 aromatic rings. The zero-order valence-electron chi connectivity index (χ0n) is 37.7. The Balaban J connectivity index is 0.932. The molecule has 0 saturated carbocycles. The molecule has 6 nitrogen and oxygen atoms in total. The van der Waals surface area contributed by atoms with Crippen molar-refractivity contribution in [2.24, 2.45) is 0 Å². The van der Waals surface area contributed by atoms with Gasteiger partial charge in [-0.1, -0.05) is 84.9 Å². The highest BCUT2D eigenvalue weighted by molar-refractivity contribution is 8.00. The summed E-state index contributed by atoms with van der Waals surface area (Å²) in [7, 11) is 0. The maximum Gasteiger partial charge on any atom is 0.260 e. The van der Waals surface area contributed by atoms with Crippen LogP contribution in [0.5, 0.6) is 23.0 Å². The molecule has 0 radical (unpaired) electrons. The van der Waals surface area contributed by atoms with Gasteiger partial charge in [0.2, 0.25) is 0 Å². The SMILES string of the molecule is CSN1c2cc3c(cc2B2c4c1cc(C)cc4-n1c4ccccc4c4cccc2c41)B1c2cc4c(cc2Oc2cc(C)cc(c21)O3)Nc1cc(C)cc2c1B4c1cccc3c4ccccc4n-2c13. The number of benzene rings is 9. The van der Waals surface area contributed by atoms with Crippen LogP contribution in [0.1, 0.15) is 16.7 Å². The summed E-state index contributed by atoms with van der Waals surface area (Å²) in [6.45, 7) is 6.50. The lowest BCUT2D eigenvalue weighted by atomic mass is 9.30. The quantitative estimate of drug-likeness (QED) is 0.134. The van der Waals surface area contributed by atoms with Crippen LogP contribution in [-0.4, -0.2) is 35.5 Å². The average molecular weight is 886 g/mol. The summed E-state index contributed by atoms with van der Waals surface area (Å²) in [6, 6.07) is 55.2. The fourth-order valence-corrected chi connectivity index (χ4v) is 14.5. The third-order valence-electron chi connectivity index (χ3n) is 16.2. The number of hydrogen-bond donors (Lipinski definition) is 1. The van der Waals surface area contributed by atoms with Crippen molar-refractivity contribution in [3.8, 4) is 34.4 Å². The van der Waals surface area contributed by atoms with Gasteiger partial charge in [0.25, 0.3) is 20.1 Å². The second kappa shape index (κ2) is 12.3. The minimum absolute atomic E-state index is 0.0172. The predicted molar refractivity (Wildman–Crippen MR) is 288 cm³/mol. The zero-order chi connectivity index (χ0) is 44.6. The Bertz CT molecular complexity index is 4270. The summed E-state index contributed by atoms with van der Waals surface area (Å²) in [4.78, 5) is 0. The fraction of sp³-hybridized carbons (Fsp3) is 0.0690. The Labute approximate surface area is 397 Å². The predicted octanol–water partition coefficient (Wildman–Crippen LogP) is 7.98. The lowest BCUT2D eigenvalue weighted by Crippen LogP contribution is -2.64. The standard InChI is InChI=1S/C58H37B3N4O2S/c1-29-19-43-54-47(20-29)63-44-17-7-5-11-32(44)34-13-9-15-36(57(34)63)59(54)38-25-40-50(27-42(38)62-43)66-52-23-31(3)24-53-56(52)61(40)41-26-39-46(28-51(41)67-53)65(68-4)49-22-30(2)21-48-55(49)60(39)37-16-10-14-35-33-12-6-8-18-45(33)64(48)58(35)37/h5-28,62H,1-4H3. The number of rotatable bonds is 1. The van der Waals surface area contributed by atoms with Gasteiger partial charge in [-0.25, -0.2) is 0 Å². The molecule has 0 unspecified atom stereocenters. The van der Waals surface area contributed by atoms with Crippen LogP contribution in [0.15, 0.2) is 146 Å². The van der Waals surface area contributed by atoms with Gasteiger partial charge in [-0.05, 0) is 142 Å². The van der Waals surface area contributed by atoms with Crippen molar-refractivity contribution in [1.82, 2.24) is 9.13 Å². The van der Waals surface area contributed by atoms with Crippen LogP contribution in [0, 0.1) is 20.8 Å². The van der Waals surface area contributed by atoms with Crippen molar-refractivity contribution in [2.45, 2.75) is 20.8 Å². The maximum atomic E-state index is 7.16. The molecule has 0 atom stereocenters. The summed E-state index contributed by atoms with van der Waals surface area (Å²) in [6.07, 6.45) is 2.20. The summed E-state index contributed by atoms with van der Waals surface area (Å²) in [5.41, 5.74) is 27.2. The summed E-state index contributed by atoms with van der Waals surface area (Å²) in [5.74, 6) is 3.51. The van der Waals surface area contributed by atoms with Gasteiger partial charge in [-0.3, -0.25) is 4.31 Å². The monoisotopic (exact) mass is 886 g/mol. The topological polar surface area (TPSA) is 43.6 Å². The second-order valence-corrected chi connectivity index (χ2v) is 20.6. The van der Waals surface area contributed by atoms with E-state index in [2.05, 4.69) is 191 Å². The Morgan fingerprint density at radius 1 is 0.412 bits per heavy atom. The Morgan fingerprint density at radius 2 is 0.941 bits per heavy atom. The number of nitrogens with one attached hydrogen (secondary N) is 1. The van der Waals surface area contributed by atoms with Gasteiger partial charge < -0.3 is 23.9 Å². The lowest BCUT2D eigenvalue weighted by molar-refractivity contribution is 0.464. The molecule has 0 fully saturated rings. The molecule has 0 bridgehead atoms. The van der Waals surface area contributed by atoms with Crippen LogP contribution in [0.2, 0.25) is 0 Å². The second-order valence-electron chi connectivity index (χ2n) is 19.9. The first-order valence-electron chi connectivity index (χ1n) is 23.7. The Kier molecular flexibility index (Phi) is 6.57. The number of aryl methyl sites for hydroxylation is 3. The van der Waals surface area contributed by atoms with Crippen molar-refractivity contribution in [1.29, 1.82) is 0 Å². The van der Waals surface area contributed by atoms with E-state index in [4.69, 9.17) is 9.47 Å². The third-order valence-corrected chi connectivity index (χ3v) is 16.9. The number of nitrogens with zero attached hydrogens (tertiary/aromatic N) is 3. The van der Waals surface area contributed by atoms with E-state index >= 15 is 0 Å². The number of aromatic nitrogens is 2. The minimum atomic E-state index is -0.124. The van der Waals surface area contributed by atoms with Gasteiger partial charge in [0, 0.05) is 79.2 Å². The van der Waals surface area contributed by atoms with Crippen LogP contribution in [0.3, 0.4) is 0 Å². The first-order chi connectivity index (χ1) is 33.4. The molecule has 1 N–H and O–H groups in total. The van der Waals surface area contributed by atoms with Gasteiger partial charge in [0.15, 0.2) is 0 Å². The van der Waals surface area contributed by atoms with Gasteiger partial charge >= 0.3 is 0 Å². The van der Waals surface area contributed by atoms with Gasteiger partial charge in [0.1, 0.15) is 23.0 Å². The highest BCUT2D eigenvalue weighted by atomic mass is 32.2. The van der Waals surface area contributed by atoms with E-state index in [0.29, 0.717) is 0 Å². The van der Waals surface area contributed by atoms with E-state index in [1.807, 2.05) is 0 Å². The molecule has 0 aliphatic carbocycles. The number of anilines is 4. The molecule has 0 saturated heterocycles. The van der Waals surface area contributed by atoms with Crippen LogP contribution in [-0.2, 0) is 0 Å². The van der Waals surface area contributed by atoms with Crippen LogP contribution >= 0.6 is 11.9 Å². The zero-order valence-corrected chi connectivity index (χ0v) is 38.5. The van der Waals surface area contributed by atoms with Crippen molar-refractivity contribution in [3.05, 3.63) is 162 Å². The van der Waals surface area contributed by atoms with Crippen molar-refractivity contribution in [2.75, 3.05) is 15.9 Å². The highest BCUT2D eigenvalue weighted by Crippen LogP contribution is 2.44. The molecular weight excluding hydrogens is 849 g/mol. The number of fused-ring (bicyclic) bond motifs is 18. The van der Waals surface area contributed by atoms with E-state index in [1.165, 1.54) is 121 Å². The fourth-order valence-electron chi connectivity index (χ4n) is 13.8. The smallest absolute Gasteiger partial charge is 0.260 e. The van der Waals surface area contributed by atoms with Crippen LogP contribution < -0.4 is 68.3 Å². The molecule has 316 valence electrons. The van der Waals surface area contributed by atoms with Crippen molar-refractivity contribution >= 4 is 148 Å². The molecule has 10 heteroatoms. The van der Waals surface area contributed by atoms with E-state index in [9.17, 15) is 0 Å². The molecule has 17 rings (SSSR count). The number of ether oxygens (including phenoxy) is 2. The molecular formula is C58H37B3N4O2S. The number of hydrogen-bond acceptors (Lipinski definition) is 5. The molecule has 6 aliphatic heterocycles. The summed E-state index contributed by atoms with van der Waals surface area (Å²) < 4.78 is 21.8. The first-order valence-corrected chi connectivity index (χ1v) is 24.9. The molecule has 6 aliphatic rings. The molecule has 0 spiro atoms. The average Bonchev–Trinajstić information content (AvgIpc) is 3.87. The third kappa shape index (κ3) is 4.25. The largest absolute Gasteiger partial charge is 0.458 e. The van der Waals surface area contributed by atoms with Gasteiger partial charge in [0.05, 0.1) is 22.4 Å².